The highest BCUT2D eigenvalue weighted by Gasteiger charge is 2.18. The maximum Gasteiger partial charge on any atom is 0.266 e. The molecule has 22 heavy (non-hydrogen) atoms. The predicted molar refractivity (Wildman–Crippen MR) is 83.0 cm³/mol. The van der Waals surface area contributed by atoms with E-state index in [1.165, 1.54) is 18.2 Å². The Morgan fingerprint density at radius 3 is 2.50 bits per heavy atom. The Labute approximate surface area is 129 Å². The summed E-state index contributed by atoms with van der Waals surface area (Å²) in [4.78, 5) is 26.4. The van der Waals surface area contributed by atoms with Crippen LogP contribution in [-0.2, 0) is 4.79 Å². The lowest BCUT2D eigenvalue weighted by molar-refractivity contribution is -0.119. The van der Waals surface area contributed by atoms with Gasteiger partial charge in [-0.3, -0.25) is 9.59 Å². The van der Waals surface area contributed by atoms with Crippen molar-refractivity contribution in [3.05, 3.63) is 54.9 Å². The van der Waals surface area contributed by atoms with Gasteiger partial charge in [0, 0.05) is 11.5 Å². The van der Waals surface area contributed by atoms with Gasteiger partial charge in [0.15, 0.2) is 17.4 Å². The smallest absolute Gasteiger partial charge is 0.266 e. The fraction of sp³-hybridized carbons (Fsp3) is 0.250. The number of nitrogens with one attached hydrogen (secondary N) is 1. The Morgan fingerprint density at radius 1 is 1.23 bits per heavy atom. The van der Waals surface area contributed by atoms with Gasteiger partial charge in [-0.05, 0) is 23.8 Å². The van der Waals surface area contributed by atoms with Crippen molar-refractivity contribution in [3.8, 4) is 0 Å². The molecule has 0 aliphatic heterocycles. The molecule has 1 N–H and O–H groups in total. The number of hydrogen-bond donors (Lipinski definition) is 1. The second kappa shape index (κ2) is 5.96. The molecule has 1 aromatic carbocycles. The first-order valence-electron chi connectivity index (χ1n) is 6.59. The second-order valence-corrected chi connectivity index (χ2v) is 6.94. The number of rotatable bonds is 2. The van der Waals surface area contributed by atoms with Crippen LogP contribution in [0.2, 0.25) is 0 Å². The zero-order chi connectivity index (χ0) is 16.5. The number of ketones is 1. The van der Waals surface area contributed by atoms with Gasteiger partial charge in [0.25, 0.3) is 5.56 Å². The number of benzene rings is 1. The van der Waals surface area contributed by atoms with E-state index in [2.05, 4.69) is 4.98 Å². The molecule has 0 saturated carbocycles. The molecular formula is C16H15F2NO2S. The lowest BCUT2D eigenvalue weighted by Crippen LogP contribution is -2.22. The fourth-order valence-electron chi connectivity index (χ4n) is 1.61. The van der Waals surface area contributed by atoms with Crippen LogP contribution in [-0.4, -0.2) is 10.8 Å². The summed E-state index contributed by atoms with van der Waals surface area (Å²) in [7, 11) is 0. The molecule has 0 fully saturated rings. The Bertz CT molecular complexity index is 888. The van der Waals surface area contributed by atoms with Crippen LogP contribution in [0.3, 0.4) is 0 Å². The number of carbonyl (C=O) groups excluding carboxylic acids is 1. The molecule has 1 heterocycles. The first kappa shape index (κ1) is 16.3. The van der Waals surface area contributed by atoms with Crippen molar-refractivity contribution >= 4 is 29.3 Å². The summed E-state index contributed by atoms with van der Waals surface area (Å²) >= 11 is 1.09. The number of thiazole rings is 1. The van der Waals surface area contributed by atoms with E-state index in [0.717, 1.165) is 23.5 Å². The van der Waals surface area contributed by atoms with Crippen molar-refractivity contribution in [2.45, 2.75) is 20.8 Å². The lowest BCUT2D eigenvalue weighted by atomic mass is 9.91. The first-order chi connectivity index (χ1) is 10.2. The molecule has 116 valence electrons. The van der Waals surface area contributed by atoms with Crippen molar-refractivity contribution in [1.82, 2.24) is 4.98 Å². The monoisotopic (exact) mass is 323 g/mol. The van der Waals surface area contributed by atoms with E-state index in [0.29, 0.717) is 14.8 Å². The Balaban J connectivity index is 2.48. The van der Waals surface area contributed by atoms with Crippen LogP contribution < -0.4 is 14.8 Å². The van der Waals surface area contributed by atoms with Crippen LogP contribution in [0, 0.1) is 17.0 Å². The van der Waals surface area contributed by atoms with E-state index in [4.69, 9.17) is 0 Å². The molecule has 0 unspecified atom stereocenters. The molecule has 6 heteroatoms. The minimum absolute atomic E-state index is 0.107. The fourth-order valence-corrected chi connectivity index (χ4v) is 2.50. The number of hydrogen-bond acceptors (Lipinski definition) is 3. The van der Waals surface area contributed by atoms with Gasteiger partial charge in [-0.1, -0.05) is 26.8 Å². The van der Waals surface area contributed by atoms with Crippen LogP contribution in [0.1, 0.15) is 26.3 Å². The van der Waals surface area contributed by atoms with Crippen LogP contribution in [0.15, 0.2) is 23.0 Å². The van der Waals surface area contributed by atoms with Crippen LogP contribution in [0.25, 0.3) is 12.2 Å². The van der Waals surface area contributed by atoms with Gasteiger partial charge in [0.1, 0.15) is 0 Å². The Hall–Kier alpha value is -2.08. The maximum absolute atomic E-state index is 13.2. The van der Waals surface area contributed by atoms with E-state index in [1.807, 2.05) is 0 Å². The zero-order valence-corrected chi connectivity index (χ0v) is 13.2. The SMILES string of the molecule is CC(C)(C)C(=O)C=c1[nH]c(=O)c(=Cc2ccc(F)c(F)c2)s1. The van der Waals surface area contributed by atoms with E-state index >= 15 is 0 Å². The maximum atomic E-state index is 13.2. The van der Waals surface area contributed by atoms with Crippen molar-refractivity contribution in [3.63, 3.8) is 0 Å². The van der Waals surface area contributed by atoms with Gasteiger partial charge >= 0.3 is 0 Å². The average molecular weight is 323 g/mol. The topological polar surface area (TPSA) is 49.9 Å². The number of carbonyl (C=O) groups is 1. The molecular weight excluding hydrogens is 308 g/mol. The minimum atomic E-state index is -0.976. The van der Waals surface area contributed by atoms with Crippen LogP contribution >= 0.6 is 11.3 Å². The van der Waals surface area contributed by atoms with Crippen molar-refractivity contribution in [2.24, 2.45) is 5.41 Å². The summed E-state index contributed by atoms with van der Waals surface area (Å²) in [5, 5.41) is 0. The van der Waals surface area contributed by atoms with Gasteiger partial charge in [0.2, 0.25) is 0 Å². The molecule has 0 saturated heterocycles. The standard InChI is InChI=1S/C16H15F2NO2S/c1-16(2,3)13(20)8-14-19-15(21)12(22-14)7-9-4-5-10(17)11(18)6-9/h4-8H,1-3H3,(H,19,21). The van der Waals surface area contributed by atoms with Crippen LogP contribution in [0.5, 0.6) is 0 Å². The number of aromatic amines is 1. The summed E-state index contributed by atoms with van der Waals surface area (Å²) in [6, 6.07) is 3.39. The third kappa shape index (κ3) is 3.76. The molecule has 0 spiro atoms. The molecule has 0 amide bonds. The Morgan fingerprint density at radius 2 is 1.91 bits per heavy atom. The molecule has 2 rings (SSSR count). The molecule has 3 nitrogen and oxygen atoms in total. The summed E-state index contributed by atoms with van der Waals surface area (Å²) in [6.07, 6.45) is 2.83. The highest BCUT2D eigenvalue weighted by molar-refractivity contribution is 7.07. The van der Waals surface area contributed by atoms with E-state index in [1.54, 1.807) is 20.8 Å². The van der Waals surface area contributed by atoms with Crippen LogP contribution in [0.4, 0.5) is 8.78 Å². The summed E-state index contributed by atoms with van der Waals surface area (Å²) < 4.78 is 26.8. The summed E-state index contributed by atoms with van der Waals surface area (Å²) in [6.45, 7) is 5.35. The average Bonchev–Trinajstić information content (AvgIpc) is 2.73. The third-order valence-corrected chi connectivity index (χ3v) is 3.89. The molecule has 0 atom stereocenters. The number of aromatic nitrogens is 1. The zero-order valence-electron chi connectivity index (χ0n) is 12.4. The molecule has 0 aliphatic carbocycles. The quantitative estimate of drug-likeness (QED) is 0.918. The van der Waals surface area contributed by atoms with Gasteiger partial charge < -0.3 is 4.98 Å². The van der Waals surface area contributed by atoms with Gasteiger partial charge in [-0.2, -0.15) is 0 Å². The normalized spacial score (nSPS) is 13.7. The molecule has 0 radical (unpaired) electrons. The van der Waals surface area contributed by atoms with Crippen molar-refractivity contribution < 1.29 is 13.6 Å². The molecule has 0 aliphatic rings. The van der Waals surface area contributed by atoms with Crippen molar-refractivity contribution in [2.75, 3.05) is 0 Å². The van der Waals surface area contributed by atoms with Gasteiger partial charge in [-0.25, -0.2) is 8.78 Å². The van der Waals surface area contributed by atoms with E-state index in [-0.39, 0.29) is 11.3 Å². The largest absolute Gasteiger partial charge is 0.313 e. The number of halogens is 2. The first-order valence-corrected chi connectivity index (χ1v) is 7.40. The summed E-state index contributed by atoms with van der Waals surface area (Å²) in [5.41, 5.74) is -0.534. The highest BCUT2D eigenvalue weighted by atomic mass is 32.1. The Kier molecular flexibility index (Phi) is 4.42. The minimum Gasteiger partial charge on any atom is -0.313 e. The molecule has 2 aromatic rings. The highest BCUT2D eigenvalue weighted by Crippen LogP contribution is 2.14. The van der Waals surface area contributed by atoms with E-state index in [9.17, 15) is 18.4 Å². The second-order valence-electron chi connectivity index (χ2n) is 5.86. The molecule has 1 aromatic heterocycles. The lowest BCUT2D eigenvalue weighted by Gasteiger charge is -2.12. The molecule has 0 bridgehead atoms. The number of H-pyrrole nitrogens is 1. The predicted octanol–water partition coefficient (Wildman–Crippen LogP) is 1.94. The number of Topliss-reactive ketones (excluding diaryl/α,β-unsaturated/α-hetero) is 1. The third-order valence-electron chi connectivity index (χ3n) is 2.92. The van der Waals surface area contributed by atoms with Gasteiger partial charge in [0.05, 0.1) is 9.20 Å². The van der Waals surface area contributed by atoms with E-state index < -0.39 is 17.0 Å². The van der Waals surface area contributed by atoms with Crippen molar-refractivity contribution in [1.29, 1.82) is 0 Å². The summed E-state index contributed by atoms with van der Waals surface area (Å²) in [5.74, 6) is -2.03. The van der Waals surface area contributed by atoms with Gasteiger partial charge in [-0.15, -0.1) is 11.3 Å².